The first-order chi connectivity index (χ1) is 10.2. The summed E-state index contributed by atoms with van der Waals surface area (Å²) in [5.41, 5.74) is 3.36. The van der Waals surface area contributed by atoms with Crippen molar-refractivity contribution in [1.29, 1.82) is 0 Å². The molecule has 2 atom stereocenters. The molecule has 1 aliphatic carbocycles. The van der Waals surface area contributed by atoms with Gasteiger partial charge in [0, 0.05) is 5.92 Å². The Morgan fingerprint density at radius 2 is 1.95 bits per heavy atom. The Morgan fingerprint density at radius 3 is 2.62 bits per heavy atom. The van der Waals surface area contributed by atoms with Gasteiger partial charge in [-0.1, -0.05) is 36.4 Å². The van der Waals surface area contributed by atoms with Crippen LogP contribution in [0.25, 0.3) is 0 Å². The fourth-order valence-electron chi connectivity index (χ4n) is 3.25. The summed E-state index contributed by atoms with van der Waals surface area (Å²) in [6, 6.07) is 15.9. The summed E-state index contributed by atoms with van der Waals surface area (Å²) in [6.07, 6.45) is 1.48. The number of carbonyl (C=O) groups is 1. The second-order valence-electron chi connectivity index (χ2n) is 5.44. The number of carboxylic acids is 1. The van der Waals surface area contributed by atoms with Crippen molar-refractivity contribution in [2.75, 3.05) is 7.11 Å². The number of rotatable bonds is 3. The number of carboxylic acid groups (broad SMARTS) is 1. The molecule has 1 aliphatic rings. The topological polar surface area (TPSA) is 46.5 Å². The van der Waals surface area contributed by atoms with E-state index in [1.807, 2.05) is 42.5 Å². The molecule has 0 radical (unpaired) electrons. The predicted molar refractivity (Wildman–Crippen MR) is 80.7 cm³/mol. The van der Waals surface area contributed by atoms with Gasteiger partial charge in [-0.05, 0) is 41.7 Å². The third-order valence-corrected chi connectivity index (χ3v) is 4.29. The van der Waals surface area contributed by atoms with Gasteiger partial charge in [0.15, 0.2) is 0 Å². The first kappa shape index (κ1) is 13.7. The van der Waals surface area contributed by atoms with E-state index in [2.05, 4.69) is 6.07 Å². The Labute approximate surface area is 124 Å². The fourth-order valence-corrected chi connectivity index (χ4v) is 3.25. The van der Waals surface area contributed by atoms with Crippen LogP contribution in [0, 0.1) is 5.92 Å². The van der Waals surface area contributed by atoms with Crippen LogP contribution in [-0.2, 0) is 11.2 Å². The van der Waals surface area contributed by atoms with E-state index >= 15 is 0 Å². The van der Waals surface area contributed by atoms with Crippen LogP contribution in [0.4, 0.5) is 0 Å². The molecule has 0 heterocycles. The Hall–Kier alpha value is -2.29. The summed E-state index contributed by atoms with van der Waals surface area (Å²) >= 11 is 0. The highest BCUT2D eigenvalue weighted by Crippen LogP contribution is 2.42. The average molecular weight is 282 g/mol. The molecule has 0 aliphatic heterocycles. The lowest BCUT2D eigenvalue weighted by Crippen LogP contribution is -2.28. The highest BCUT2D eigenvalue weighted by atomic mass is 16.5. The predicted octanol–water partition coefficient (Wildman–Crippen LogP) is 3.47. The van der Waals surface area contributed by atoms with Crippen LogP contribution in [0.1, 0.15) is 29.0 Å². The summed E-state index contributed by atoms with van der Waals surface area (Å²) in [4.78, 5) is 11.7. The number of aliphatic carboxylic acids is 1. The second-order valence-corrected chi connectivity index (χ2v) is 5.44. The van der Waals surface area contributed by atoms with Crippen LogP contribution in [0.15, 0.2) is 48.5 Å². The number of fused-ring (bicyclic) bond motifs is 1. The maximum Gasteiger partial charge on any atom is 0.307 e. The molecular formula is C18H18O3. The molecule has 0 amide bonds. The molecule has 3 heteroatoms. The lowest BCUT2D eigenvalue weighted by Gasteiger charge is -2.31. The minimum absolute atomic E-state index is 0.109. The summed E-state index contributed by atoms with van der Waals surface area (Å²) in [5, 5.41) is 9.59. The maximum atomic E-state index is 11.7. The van der Waals surface area contributed by atoms with Crippen molar-refractivity contribution in [3.8, 4) is 5.75 Å². The highest BCUT2D eigenvalue weighted by molar-refractivity contribution is 5.73. The van der Waals surface area contributed by atoms with Crippen LogP contribution < -0.4 is 4.74 Å². The summed E-state index contributed by atoms with van der Waals surface area (Å²) in [6.45, 7) is 0. The summed E-state index contributed by atoms with van der Waals surface area (Å²) in [7, 11) is 1.64. The Bertz CT molecular complexity index is 649. The van der Waals surface area contributed by atoms with Gasteiger partial charge in [0.1, 0.15) is 5.75 Å². The van der Waals surface area contributed by atoms with E-state index in [1.54, 1.807) is 7.11 Å². The molecule has 3 rings (SSSR count). The molecule has 3 nitrogen and oxygen atoms in total. The Balaban J connectivity index is 2.14. The van der Waals surface area contributed by atoms with E-state index < -0.39 is 5.97 Å². The van der Waals surface area contributed by atoms with Gasteiger partial charge in [0.25, 0.3) is 0 Å². The monoisotopic (exact) mass is 282 g/mol. The summed E-state index contributed by atoms with van der Waals surface area (Å²) < 4.78 is 5.31. The van der Waals surface area contributed by atoms with E-state index in [1.165, 1.54) is 5.56 Å². The largest absolute Gasteiger partial charge is 0.497 e. The van der Waals surface area contributed by atoms with Crippen molar-refractivity contribution in [2.45, 2.75) is 18.8 Å². The van der Waals surface area contributed by atoms with E-state index in [9.17, 15) is 9.90 Å². The van der Waals surface area contributed by atoms with Crippen LogP contribution >= 0.6 is 0 Å². The fraction of sp³-hybridized carbons (Fsp3) is 0.278. The number of ether oxygens (including phenoxy) is 1. The molecule has 2 aromatic carbocycles. The molecular weight excluding hydrogens is 264 g/mol. The quantitative estimate of drug-likeness (QED) is 0.937. The van der Waals surface area contributed by atoms with Gasteiger partial charge < -0.3 is 9.84 Å². The van der Waals surface area contributed by atoms with Gasteiger partial charge in [-0.3, -0.25) is 4.79 Å². The zero-order chi connectivity index (χ0) is 14.8. The van der Waals surface area contributed by atoms with Gasteiger partial charge in [-0.25, -0.2) is 0 Å². The first-order valence-corrected chi connectivity index (χ1v) is 7.15. The van der Waals surface area contributed by atoms with Crippen LogP contribution in [-0.4, -0.2) is 18.2 Å². The number of hydrogen-bond donors (Lipinski definition) is 1. The number of benzene rings is 2. The average Bonchev–Trinajstić information content (AvgIpc) is 2.53. The Morgan fingerprint density at radius 1 is 1.19 bits per heavy atom. The minimum Gasteiger partial charge on any atom is -0.497 e. The molecule has 2 unspecified atom stereocenters. The number of methoxy groups -OCH3 is 1. The van der Waals surface area contributed by atoms with Gasteiger partial charge in [-0.15, -0.1) is 0 Å². The van der Waals surface area contributed by atoms with Gasteiger partial charge >= 0.3 is 5.97 Å². The molecule has 21 heavy (non-hydrogen) atoms. The third kappa shape index (κ3) is 2.51. The molecule has 0 saturated heterocycles. The molecule has 0 fully saturated rings. The lowest BCUT2D eigenvalue weighted by atomic mass is 9.72. The lowest BCUT2D eigenvalue weighted by molar-refractivity contribution is -0.142. The highest BCUT2D eigenvalue weighted by Gasteiger charge is 2.35. The zero-order valence-corrected chi connectivity index (χ0v) is 12.0. The third-order valence-electron chi connectivity index (χ3n) is 4.29. The molecule has 1 N–H and O–H groups in total. The molecule has 2 aromatic rings. The minimum atomic E-state index is -0.725. The second kappa shape index (κ2) is 5.60. The first-order valence-electron chi connectivity index (χ1n) is 7.15. The SMILES string of the molecule is COc1ccc2c(c1)C(c1ccccc1)C(C(=O)O)CC2. The van der Waals surface area contributed by atoms with Gasteiger partial charge in [-0.2, -0.15) is 0 Å². The van der Waals surface area contributed by atoms with Crippen molar-refractivity contribution >= 4 is 5.97 Å². The molecule has 0 aromatic heterocycles. The van der Waals surface area contributed by atoms with E-state index in [-0.39, 0.29) is 11.8 Å². The maximum absolute atomic E-state index is 11.7. The summed E-state index contributed by atoms with van der Waals surface area (Å²) in [5.74, 6) is -0.437. The van der Waals surface area contributed by atoms with Crippen molar-refractivity contribution in [3.63, 3.8) is 0 Å². The Kier molecular flexibility index (Phi) is 3.65. The molecule has 0 spiro atoms. The molecule has 0 saturated carbocycles. The standard InChI is InChI=1S/C18H18O3/c1-21-14-9-7-12-8-10-15(18(19)20)17(16(12)11-14)13-5-3-2-4-6-13/h2-7,9,11,15,17H,8,10H2,1H3,(H,19,20). The van der Waals surface area contributed by atoms with E-state index in [0.717, 1.165) is 23.3 Å². The van der Waals surface area contributed by atoms with Gasteiger partial charge in [0.2, 0.25) is 0 Å². The van der Waals surface area contributed by atoms with Crippen LogP contribution in [0.3, 0.4) is 0 Å². The number of hydrogen-bond acceptors (Lipinski definition) is 2. The normalized spacial score (nSPS) is 20.6. The van der Waals surface area contributed by atoms with Gasteiger partial charge in [0.05, 0.1) is 13.0 Å². The van der Waals surface area contributed by atoms with Crippen molar-refractivity contribution in [3.05, 3.63) is 65.2 Å². The van der Waals surface area contributed by atoms with Crippen molar-refractivity contribution in [2.24, 2.45) is 5.92 Å². The van der Waals surface area contributed by atoms with Crippen LogP contribution in [0.2, 0.25) is 0 Å². The van der Waals surface area contributed by atoms with Crippen LogP contribution in [0.5, 0.6) is 5.75 Å². The molecule has 108 valence electrons. The van der Waals surface area contributed by atoms with E-state index in [4.69, 9.17) is 4.74 Å². The zero-order valence-electron chi connectivity index (χ0n) is 12.0. The molecule has 0 bridgehead atoms. The van der Waals surface area contributed by atoms with Crippen molar-refractivity contribution in [1.82, 2.24) is 0 Å². The van der Waals surface area contributed by atoms with Crippen molar-refractivity contribution < 1.29 is 14.6 Å². The smallest absolute Gasteiger partial charge is 0.307 e. The van der Waals surface area contributed by atoms with E-state index in [0.29, 0.717) is 6.42 Å². The number of aryl methyl sites for hydroxylation is 1.